The van der Waals surface area contributed by atoms with Gasteiger partial charge in [0.15, 0.2) is 0 Å². The number of aryl methyl sites for hydroxylation is 2. The van der Waals surface area contributed by atoms with Crippen LogP contribution in [0.3, 0.4) is 0 Å². The van der Waals surface area contributed by atoms with Crippen LogP contribution in [0.2, 0.25) is 0 Å². The normalized spacial score (nSPS) is 9.95. The van der Waals surface area contributed by atoms with E-state index in [2.05, 4.69) is 64.1 Å². The molecule has 1 aromatic rings. The molecule has 0 N–H and O–H groups in total. The predicted octanol–water partition coefficient (Wildman–Crippen LogP) is 6.89. The molecular formula is C20H32. The van der Waals surface area contributed by atoms with Gasteiger partial charge in [0, 0.05) is 0 Å². The number of benzene rings is 1. The predicted molar refractivity (Wildman–Crippen MR) is 96.2 cm³/mol. The molecule has 0 unspecified atom stereocenters. The lowest BCUT2D eigenvalue weighted by Crippen LogP contribution is -1.92. The molecule has 20 heavy (non-hydrogen) atoms. The summed E-state index contributed by atoms with van der Waals surface area (Å²) in [6.45, 7) is 14.7. The lowest BCUT2D eigenvalue weighted by atomic mass is 9.92. The van der Waals surface area contributed by atoms with Gasteiger partial charge in [-0.1, -0.05) is 69.4 Å². The van der Waals surface area contributed by atoms with E-state index in [0.29, 0.717) is 0 Å². The van der Waals surface area contributed by atoms with Crippen LogP contribution < -0.4 is 0 Å². The molecule has 0 saturated carbocycles. The molecule has 0 aliphatic carbocycles. The fourth-order valence-electron chi connectivity index (χ4n) is 2.00. The van der Waals surface area contributed by atoms with Crippen molar-refractivity contribution in [3.8, 4) is 0 Å². The molecule has 0 nitrogen and oxygen atoms in total. The van der Waals surface area contributed by atoms with E-state index in [9.17, 15) is 0 Å². The standard InChI is InChI=1S/C17H22.C2H6.CH4/c1-6-7-8-12-16(13(2)3)17-14(4)10-9-11-15(17)5;1-2;/h6-12H,1-5H3;1-2H3;1H4/b7-6+,12-8-;;. The summed E-state index contributed by atoms with van der Waals surface area (Å²) in [6.07, 6.45) is 8.42. The molecule has 0 aliphatic heterocycles. The van der Waals surface area contributed by atoms with Crippen molar-refractivity contribution < 1.29 is 0 Å². The van der Waals surface area contributed by atoms with Gasteiger partial charge in [0.1, 0.15) is 0 Å². The van der Waals surface area contributed by atoms with Crippen LogP contribution in [-0.4, -0.2) is 0 Å². The van der Waals surface area contributed by atoms with E-state index < -0.39 is 0 Å². The van der Waals surface area contributed by atoms with E-state index in [0.717, 1.165) is 0 Å². The molecule has 1 rings (SSSR count). The summed E-state index contributed by atoms with van der Waals surface area (Å²) in [4.78, 5) is 0. The van der Waals surface area contributed by atoms with Crippen molar-refractivity contribution in [2.24, 2.45) is 0 Å². The second-order valence-electron chi connectivity index (χ2n) is 4.57. The van der Waals surface area contributed by atoms with Crippen molar-refractivity contribution in [2.75, 3.05) is 0 Å². The van der Waals surface area contributed by atoms with Gasteiger partial charge in [0.2, 0.25) is 0 Å². The SMILES string of the molecule is C.C/C=C/C=C\C(=C(C)C)c1c(C)cccc1C.CC. The van der Waals surface area contributed by atoms with Crippen LogP contribution in [0.4, 0.5) is 0 Å². The summed E-state index contributed by atoms with van der Waals surface area (Å²) >= 11 is 0. The zero-order chi connectivity index (χ0) is 14.8. The first-order chi connectivity index (χ1) is 9.07. The van der Waals surface area contributed by atoms with Crippen molar-refractivity contribution in [1.29, 1.82) is 0 Å². The van der Waals surface area contributed by atoms with Crippen molar-refractivity contribution in [1.82, 2.24) is 0 Å². The van der Waals surface area contributed by atoms with Gasteiger partial charge in [0.25, 0.3) is 0 Å². The Labute approximate surface area is 126 Å². The fourth-order valence-corrected chi connectivity index (χ4v) is 2.00. The highest BCUT2D eigenvalue weighted by Crippen LogP contribution is 2.26. The number of hydrogen-bond acceptors (Lipinski definition) is 0. The molecule has 0 saturated heterocycles. The van der Waals surface area contributed by atoms with Gasteiger partial charge in [-0.05, 0) is 56.9 Å². The summed E-state index contributed by atoms with van der Waals surface area (Å²) in [5.41, 5.74) is 6.73. The van der Waals surface area contributed by atoms with Crippen molar-refractivity contribution in [3.63, 3.8) is 0 Å². The fraction of sp³-hybridized carbons (Fsp3) is 0.400. The first kappa shape index (κ1) is 20.8. The highest BCUT2D eigenvalue weighted by Gasteiger charge is 2.06. The van der Waals surface area contributed by atoms with Gasteiger partial charge in [-0.25, -0.2) is 0 Å². The van der Waals surface area contributed by atoms with Crippen LogP contribution >= 0.6 is 0 Å². The maximum atomic E-state index is 2.20. The average molecular weight is 272 g/mol. The molecular weight excluding hydrogens is 240 g/mol. The smallest absolute Gasteiger partial charge is 0.0126 e. The highest BCUT2D eigenvalue weighted by molar-refractivity contribution is 5.80. The third kappa shape index (κ3) is 6.06. The minimum Gasteiger partial charge on any atom is -0.0877 e. The van der Waals surface area contributed by atoms with E-state index in [1.165, 1.54) is 27.8 Å². The molecule has 0 aliphatic rings. The first-order valence-electron chi connectivity index (χ1n) is 7.11. The molecule has 0 aromatic heterocycles. The van der Waals surface area contributed by atoms with Gasteiger partial charge < -0.3 is 0 Å². The third-order valence-electron chi connectivity index (χ3n) is 2.86. The molecule has 1 aromatic carbocycles. The summed E-state index contributed by atoms with van der Waals surface area (Å²) in [5, 5.41) is 0. The lowest BCUT2D eigenvalue weighted by molar-refractivity contribution is 1.31. The molecule has 0 heterocycles. The lowest BCUT2D eigenvalue weighted by Gasteiger charge is -2.12. The van der Waals surface area contributed by atoms with Gasteiger partial charge in [0.05, 0.1) is 0 Å². The molecule has 0 amide bonds. The van der Waals surface area contributed by atoms with E-state index in [-0.39, 0.29) is 7.43 Å². The summed E-state index contributed by atoms with van der Waals surface area (Å²) in [5.74, 6) is 0. The Hall–Kier alpha value is -1.56. The highest BCUT2D eigenvalue weighted by atomic mass is 14.1. The second kappa shape index (κ2) is 11.3. The minimum absolute atomic E-state index is 0. The maximum absolute atomic E-state index is 2.20. The summed E-state index contributed by atoms with van der Waals surface area (Å²) < 4.78 is 0. The molecule has 0 radical (unpaired) electrons. The van der Waals surface area contributed by atoms with Crippen LogP contribution in [0.1, 0.15) is 58.7 Å². The van der Waals surface area contributed by atoms with E-state index in [4.69, 9.17) is 0 Å². The van der Waals surface area contributed by atoms with Crippen LogP contribution in [-0.2, 0) is 0 Å². The van der Waals surface area contributed by atoms with E-state index in [1.54, 1.807) is 0 Å². The zero-order valence-corrected chi connectivity index (χ0v) is 13.5. The number of allylic oxidation sites excluding steroid dienone is 6. The van der Waals surface area contributed by atoms with Crippen LogP contribution in [0.25, 0.3) is 5.57 Å². The van der Waals surface area contributed by atoms with Crippen molar-refractivity contribution in [2.45, 2.75) is 55.9 Å². The number of hydrogen-bond donors (Lipinski definition) is 0. The number of rotatable bonds is 3. The third-order valence-corrected chi connectivity index (χ3v) is 2.86. The molecule has 0 fully saturated rings. The van der Waals surface area contributed by atoms with Gasteiger partial charge in [-0.2, -0.15) is 0 Å². The largest absolute Gasteiger partial charge is 0.0877 e. The molecule has 0 heteroatoms. The summed E-state index contributed by atoms with van der Waals surface area (Å²) in [6, 6.07) is 6.47. The monoisotopic (exact) mass is 272 g/mol. The minimum atomic E-state index is 0. The Bertz CT molecular complexity index is 447. The van der Waals surface area contributed by atoms with Crippen LogP contribution in [0.15, 0.2) is 48.1 Å². The van der Waals surface area contributed by atoms with E-state index >= 15 is 0 Å². The maximum Gasteiger partial charge on any atom is -0.0126 e. The zero-order valence-electron chi connectivity index (χ0n) is 13.5. The molecule has 0 bridgehead atoms. The van der Waals surface area contributed by atoms with Gasteiger partial charge in [-0.15, -0.1) is 0 Å². The van der Waals surface area contributed by atoms with Crippen molar-refractivity contribution in [3.05, 3.63) is 64.8 Å². The Balaban J connectivity index is 0. The van der Waals surface area contributed by atoms with E-state index in [1.807, 2.05) is 26.8 Å². The van der Waals surface area contributed by atoms with Gasteiger partial charge in [-0.3, -0.25) is 0 Å². The quantitative estimate of drug-likeness (QED) is 0.525. The molecule has 112 valence electrons. The van der Waals surface area contributed by atoms with Crippen molar-refractivity contribution >= 4 is 5.57 Å². The Morgan fingerprint density at radius 2 is 1.45 bits per heavy atom. The average Bonchev–Trinajstić information content (AvgIpc) is 2.39. The first-order valence-corrected chi connectivity index (χ1v) is 7.11. The summed E-state index contributed by atoms with van der Waals surface area (Å²) in [7, 11) is 0. The van der Waals surface area contributed by atoms with Crippen LogP contribution in [0.5, 0.6) is 0 Å². The molecule has 0 atom stereocenters. The Morgan fingerprint density at radius 3 is 1.85 bits per heavy atom. The Kier molecular flexibility index (Phi) is 11.7. The Morgan fingerprint density at radius 1 is 0.950 bits per heavy atom. The topological polar surface area (TPSA) is 0 Å². The second-order valence-corrected chi connectivity index (χ2v) is 4.57. The molecule has 0 spiro atoms. The van der Waals surface area contributed by atoms with Gasteiger partial charge >= 0.3 is 0 Å². The van der Waals surface area contributed by atoms with Crippen LogP contribution in [0, 0.1) is 13.8 Å².